The molecule has 0 spiro atoms. The van der Waals surface area contributed by atoms with E-state index in [9.17, 15) is 0 Å². The zero-order chi connectivity index (χ0) is 11.5. The molecule has 1 heterocycles. The number of para-hydroxylation sites is 2. The predicted molar refractivity (Wildman–Crippen MR) is 69.3 cm³/mol. The number of hydrogen-bond acceptors (Lipinski definition) is 3. The molecule has 82 valence electrons. The van der Waals surface area contributed by atoms with Crippen LogP contribution in [0.4, 0.5) is 11.4 Å². The van der Waals surface area contributed by atoms with E-state index in [0.29, 0.717) is 0 Å². The molecule has 0 radical (unpaired) electrons. The molecule has 1 aromatic heterocycles. The summed E-state index contributed by atoms with van der Waals surface area (Å²) in [7, 11) is 0. The highest BCUT2D eigenvalue weighted by molar-refractivity contribution is 5.89. The summed E-state index contributed by atoms with van der Waals surface area (Å²) in [5.41, 5.74) is 3.81. The predicted octanol–water partition coefficient (Wildman–Crippen LogP) is 3.37. The highest BCUT2D eigenvalue weighted by atomic mass is 14.9. The molecule has 3 heteroatoms. The van der Waals surface area contributed by atoms with E-state index in [0.717, 1.165) is 22.4 Å². The van der Waals surface area contributed by atoms with E-state index in [4.69, 9.17) is 0 Å². The summed E-state index contributed by atoms with van der Waals surface area (Å²) in [5.74, 6) is 0. The summed E-state index contributed by atoms with van der Waals surface area (Å²) in [6, 6.07) is 16.0. The van der Waals surface area contributed by atoms with Gasteiger partial charge in [-0.2, -0.15) is 0 Å². The fourth-order valence-electron chi connectivity index (χ4n) is 1.77. The van der Waals surface area contributed by atoms with Crippen molar-refractivity contribution in [2.45, 2.75) is 0 Å². The van der Waals surface area contributed by atoms with Crippen LogP contribution in [0.25, 0.3) is 11.0 Å². The van der Waals surface area contributed by atoms with Crippen molar-refractivity contribution in [1.29, 1.82) is 0 Å². The monoisotopic (exact) mass is 221 g/mol. The van der Waals surface area contributed by atoms with Gasteiger partial charge in [0.25, 0.3) is 0 Å². The lowest BCUT2D eigenvalue weighted by Gasteiger charge is -2.08. The molecular formula is C14H11N3. The van der Waals surface area contributed by atoms with Crippen molar-refractivity contribution < 1.29 is 0 Å². The van der Waals surface area contributed by atoms with Gasteiger partial charge in [-0.1, -0.05) is 24.3 Å². The Morgan fingerprint density at radius 3 is 2.47 bits per heavy atom. The minimum absolute atomic E-state index is 0.888. The lowest BCUT2D eigenvalue weighted by Crippen LogP contribution is -1.93. The number of nitrogens with zero attached hydrogens (tertiary/aromatic N) is 2. The molecular weight excluding hydrogens is 210 g/mol. The smallest absolute Gasteiger partial charge is 0.112 e. The van der Waals surface area contributed by atoms with E-state index < -0.39 is 0 Å². The third-order valence-electron chi connectivity index (χ3n) is 2.55. The highest BCUT2D eigenvalue weighted by Gasteiger charge is 2.01. The third kappa shape index (κ3) is 1.95. The fraction of sp³-hybridized carbons (Fsp3) is 0. The topological polar surface area (TPSA) is 37.8 Å². The van der Waals surface area contributed by atoms with Crippen LogP contribution in [-0.2, 0) is 0 Å². The molecule has 1 N–H and O–H groups in total. The lowest BCUT2D eigenvalue weighted by atomic mass is 10.2. The average molecular weight is 221 g/mol. The molecule has 3 rings (SSSR count). The van der Waals surface area contributed by atoms with Crippen molar-refractivity contribution in [2.75, 3.05) is 5.32 Å². The first kappa shape index (κ1) is 9.78. The molecule has 0 atom stereocenters. The minimum Gasteiger partial charge on any atom is -0.354 e. The van der Waals surface area contributed by atoms with E-state index >= 15 is 0 Å². The summed E-state index contributed by atoms with van der Waals surface area (Å²) in [4.78, 5) is 8.63. The summed E-state index contributed by atoms with van der Waals surface area (Å²) >= 11 is 0. The van der Waals surface area contributed by atoms with Crippen LogP contribution < -0.4 is 5.32 Å². The fourth-order valence-corrected chi connectivity index (χ4v) is 1.77. The maximum atomic E-state index is 4.35. The number of aromatic nitrogens is 2. The Kier molecular flexibility index (Phi) is 2.43. The number of fused-ring (bicyclic) bond motifs is 1. The van der Waals surface area contributed by atoms with Crippen LogP contribution in [0.5, 0.6) is 0 Å². The standard InChI is InChI=1S/C14H11N3/c1-2-5-11(6-3-1)17-13-8-4-7-12-14(13)16-10-9-15-12/h1-10,17H. The van der Waals surface area contributed by atoms with E-state index in [1.54, 1.807) is 12.4 Å². The Labute approximate surface area is 99.2 Å². The van der Waals surface area contributed by atoms with Gasteiger partial charge < -0.3 is 5.32 Å². The van der Waals surface area contributed by atoms with E-state index in [1.807, 2.05) is 48.5 Å². The summed E-state index contributed by atoms with van der Waals surface area (Å²) < 4.78 is 0. The van der Waals surface area contributed by atoms with Crippen molar-refractivity contribution in [3.05, 3.63) is 60.9 Å². The molecule has 0 aliphatic carbocycles. The largest absolute Gasteiger partial charge is 0.354 e. The van der Waals surface area contributed by atoms with Gasteiger partial charge in [0, 0.05) is 18.1 Å². The second kappa shape index (κ2) is 4.22. The number of hydrogen-bond donors (Lipinski definition) is 1. The molecule has 2 aromatic carbocycles. The molecule has 0 bridgehead atoms. The van der Waals surface area contributed by atoms with Gasteiger partial charge >= 0.3 is 0 Å². The summed E-state index contributed by atoms with van der Waals surface area (Å²) in [6.07, 6.45) is 3.41. The van der Waals surface area contributed by atoms with Gasteiger partial charge in [0.05, 0.1) is 11.2 Å². The first-order valence-corrected chi connectivity index (χ1v) is 5.45. The van der Waals surface area contributed by atoms with Gasteiger partial charge in [-0.3, -0.25) is 9.97 Å². The minimum atomic E-state index is 0.888. The first-order chi connectivity index (χ1) is 8.43. The van der Waals surface area contributed by atoms with Gasteiger partial charge in [0.15, 0.2) is 0 Å². The number of benzene rings is 2. The van der Waals surface area contributed by atoms with E-state index in [1.165, 1.54) is 0 Å². The Bertz CT molecular complexity index is 630. The van der Waals surface area contributed by atoms with E-state index in [2.05, 4.69) is 15.3 Å². The molecule has 3 nitrogen and oxygen atoms in total. The molecule has 0 saturated heterocycles. The first-order valence-electron chi connectivity index (χ1n) is 5.45. The molecule has 0 aliphatic rings. The maximum absolute atomic E-state index is 4.35. The molecule has 0 saturated carbocycles. The molecule has 3 aromatic rings. The van der Waals surface area contributed by atoms with E-state index in [-0.39, 0.29) is 0 Å². The van der Waals surface area contributed by atoms with Gasteiger partial charge in [-0.25, -0.2) is 0 Å². The highest BCUT2D eigenvalue weighted by Crippen LogP contribution is 2.22. The number of anilines is 2. The molecule has 0 aliphatic heterocycles. The third-order valence-corrected chi connectivity index (χ3v) is 2.55. The van der Waals surface area contributed by atoms with Crippen LogP contribution >= 0.6 is 0 Å². The SMILES string of the molecule is c1ccc(Nc2cccc3nccnc23)cc1. The van der Waals surface area contributed by atoms with Crippen LogP contribution in [0.2, 0.25) is 0 Å². The van der Waals surface area contributed by atoms with Gasteiger partial charge in [0.2, 0.25) is 0 Å². The van der Waals surface area contributed by atoms with Crippen molar-refractivity contribution in [3.8, 4) is 0 Å². The Morgan fingerprint density at radius 1 is 0.765 bits per heavy atom. The zero-order valence-corrected chi connectivity index (χ0v) is 9.17. The van der Waals surface area contributed by atoms with Gasteiger partial charge in [-0.05, 0) is 24.3 Å². The maximum Gasteiger partial charge on any atom is 0.112 e. The summed E-state index contributed by atoms with van der Waals surface area (Å²) in [6.45, 7) is 0. The van der Waals surface area contributed by atoms with Crippen LogP contribution in [-0.4, -0.2) is 9.97 Å². The molecule has 0 unspecified atom stereocenters. The average Bonchev–Trinajstić information content (AvgIpc) is 2.40. The lowest BCUT2D eigenvalue weighted by molar-refractivity contribution is 1.29. The van der Waals surface area contributed by atoms with Crippen molar-refractivity contribution in [3.63, 3.8) is 0 Å². The normalized spacial score (nSPS) is 10.4. The van der Waals surface area contributed by atoms with Crippen LogP contribution in [0.1, 0.15) is 0 Å². The molecule has 0 fully saturated rings. The molecule has 0 amide bonds. The van der Waals surface area contributed by atoms with Crippen LogP contribution in [0.3, 0.4) is 0 Å². The Balaban J connectivity index is 2.06. The number of rotatable bonds is 2. The van der Waals surface area contributed by atoms with Crippen molar-refractivity contribution in [2.24, 2.45) is 0 Å². The van der Waals surface area contributed by atoms with Gasteiger partial charge in [-0.15, -0.1) is 0 Å². The molecule has 17 heavy (non-hydrogen) atoms. The van der Waals surface area contributed by atoms with Crippen LogP contribution in [0, 0.1) is 0 Å². The second-order valence-corrected chi connectivity index (χ2v) is 3.72. The Morgan fingerprint density at radius 2 is 1.59 bits per heavy atom. The zero-order valence-electron chi connectivity index (χ0n) is 9.17. The second-order valence-electron chi connectivity index (χ2n) is 3.72. The van der Waals surface area contributed by atoms with Crippen molar-refractivity contribution in [1.82, 2.24) is 9.97 Å². The quantitative estimate of drug-likeness (QED) is 0.721. The van der Waals surface area contributed by atoms with Crippen molar-refractivity contribution >= 4 is 22.4 Å². The number of nitrogens with one attached hydrogen (secondary N) is 1. The van der Waals surface area contributed by atoms with Crippen LogP contribution in [0.15, 0.2) is 60.9 Å². The van der Waals surface area contributed by atoms with Gasteiger partial charge in [0.1, 0.15) is 5.52 Å². The summed E-state index contributed by atoms with van der Waals surface area (Å²) in [5, 5.41) is 3.34. The Hall–Kier alpha value is -2.42.